The molecule has 4 aliphatic heterocycles. The van der Waals surface area contributed by atoms with Crippen LogP contribution in [0.4, 0.5) is 19.2 Å². The highest BCUT2D eigenvalue weighted by molar-refractivity contribution is 8.02. The van der Waals surface area contributed by atoms with Crippen molar-refractivity contribution in [1.82, 2.24) is 59.4 Å². The molecule has 0 bridgehead atoms. The van der Waals surface area contributed by atoms with Crippen molar-refractivity contribution >= 4 is 103 Å². The summed E-state index contributed by atoms with van der Waals surface area (Å²) < 4.78 is 111. The summed E-state index contributed by atoms with van der Waals surface area (Å²) in [6.45, 7) is 19.9. The molecule has 0 spiro atoms. The molecule has 4 aliphatic rings. The number of ether oxygens (including phenoxy) is 10. The first-order chi connectivity index (χ1) is 59.7. The number of urea groups is 2. The van der Waals surface area contributed by atoms with E-state index in [1.54, 1.807) is 61.8 Å². The monoisotopic (exact) mass is 1830 g/mol. The van der Waals surface area contributed by atoms with Gasteiger partial charge in [0.1, 0.15) is 21.3 Å². The van der Waals surface area contributed by atoms with E-state index >= 15 is 0 Å². The number of carbonyl (C=O) groups excluding carboxylic acids is 8. The van der Waals surface area contributed by atoms with Gasteiger partial charge in [-0.25, -0.2) is 36.0 Å². The molecule has 2 aromatic heterocycles. The summed E-state index contributed by atoms with van der Waals surface area (Å²) in [7, 11) is -8.19. The van der Waals surface area contributed by atoms with E-state index in [9.17, 15) is 75.0 Å². The second kappa shape index (κ2) is 51.3. The van der Waals surface area contributed by atoms with Gasteiger partial charge in [0.2, 0.25) is 31.9 Å². The minimum Gasteiger partial charge on any atom is -0.481 e. The molecule has 4 saturated heterocycles. The van der Waals surface area contributed by atoms with Crippen LogP contribution in [0.2, 0.25) is 0 Å². The van der Waals surface area contributed by atoms with Crippen LogP contribution < -0.4 is 30.7 Å². The topological polar surface area (TPSA) is 465 Å². The smallest absolute Gasteiger partial charge is 0.415 e. The molecule has 0 aliphatic carbocycles. The second-order valence-corrected chi connectivity index (χ2v) is 38.8. The summed E-state index contributed by atoms with van der Waals surface area (Å²) >= 11 is 2.59. The van der Waals surface area contributed by atoms with Gasteiger partial charge in [0, 0.05) is 157 Å². The molecule has 4 fully saturated rings. The van der Waals surface area contributed by atoms with Gasteiger partial charge >= 0.3 is 36.2 Å². The Morgan fingerprint density at radius 1 is 0.448 bits per heavy atom. The Bertz CT molecular complexity index is 4070. The highest BCUT2D eigenvalue weighted by atomic mass is 32.2. The quantitative estimate of drug-likeness (QED) is 0.0307. The third-order valence-corrected chi connectivity index (χ3v) is 27.3. The van der Waals surface area contributed by atoms with Crippen molar-refractivity contribution in [2.75, 3.05) is 196 Å². The lowest BCUT2D eigenvalue weighted by Gasteiger charge is -2.34. The number of aromatic nitrogens is 2. The fourth-order valence-corrected chi connectivity index (χ4v) is 20.1. The molecular weight excluding hydrogens is 1710 g/mol. The van der Waals surface area contributed by atoms with Crippen LogP contribution in [0.5, 0.6) is 11.5 Å². The SMILES string of the molecule is CC(C)(COCCOCCCNC(=O)CCOCCOCCNC(=O)N1CCN(C(=O)Oc2ccc(C[C@H](CC(=O)C3N(S(=O)(=O)c4cccnc4)CSC3(C)C)C(=O)O)cc2)CC1)COCCOCCCNC(=O)CCOCCOCCNC(=O)N1CCN(C(=O)Oc2ccc(C[C@H](CC(=O)C3N(S(=O)(=O)c4cccnc4)CSC3(C)C)C(=O)O)cc2)CC1. The maximum absolute atomic E-state index is 13.8. The maximum Gasteiger partial charge on any atom is 0.415 e. The summed E-state index contributed by atoms with van der Waals surface area (Å²) in [6.07, 6.45) is 4.82. The molecule has 2 unspecified atom stereocenters. The predicted octanol–water partition coefficient (Wildman–Crippen LogP) is 5.27. The number of carbonyl (C=O) groups is 10. The minimum absolute atomic E-state index is 0.0231. The number of carboxylic acid groups (broad SMARTS) is 2. The van der Waals surface area contributed by atoms with E-state index in [4.69, 9.17) is 47.4 Å². The van der Waals surface area contributed by atoms with Gasteiger partial charge in [-0.05, 0) is 113 Å². The summed E-state index contributed by atoms with van der Waals surface area (Å²) in [5.74, 6) is -5.56. The van der Waals surface area contributed by atoms with Crippen LogP contribution in [0, 0.1) is 17.3 Å². The number of Topliss-reactive ketones (excluding diaryl/α,β-unsaturated/α-hetero) is 2. The zero-order valence-electron chi connectivity index (χ0n) is 71.8. The van der Waals surface area contributed by atoms with Crippen molar-refractivity contribution in [3.63, 3.8) is 0 Å². The Morgan fingerprint density at radius 3 is 1.13 bits per heavy atom. The number of thioether (sulfide) groups is 2. The second-order valence-electron chi connectivity index (χ2n) is 31.8. The normalized spacial score (nSPS) is 17.3. The minimum atomic E-state index is -4.09. The van der Waals surface area contributed by atoms with Crippen LogP contribution in [0.25, 0.3) is 0 Å². The number of hydrogen-bond acceptors (Lipinski definition) is 28. The molecule has 4 aromatic rings. The Labute approximate surface area is 738 Å². The zero-order valence-corrected chi connectivity index (χ0v) is 75.1. The van der Waals surface area contributed by atoms with Crippen LogP contribution in [0.3, 0.4) is 0 Å². The third kappa shape index (κ3) is 33.8. The van der Waals surface area contributed by atoms with E-state index < -0.39 is 102 Å². The first kappa shape index (κ1) is 102. The predicted molar refractivity (Wildman–Crippen MR) is 459 cm³/mol. The Kier molecular flexibility index (Phi) is 41.7. The number of pyridine rings is 2. The highest BCUT2D eigenvalue weighted by Gasteiger charge is 2.53. The van der Waals surface area contributed by atoms with Gasteiger partial charge in [0.15, 0.2) is 11.6 Å². The number of aliphatic carboxylic acids is 2. The highest BCUT2D eigenvalue weighted by Crippen LogP contribution is 2.45. The van der Waals surface area contributed by atoms with E-state index in [1.165, 1.54) is 107 Å². The van der Waals surface area contributed by atoms with Crippen LogP contribution in [0.15, 0.2) is 107 Å². The lowest BCUT2D eigenvalue weighted by atomic mass is 9.89. The first-order valence-electron chi connectivity index (χ1n) is 41.7. The number of carboxylic acids is 2. The zero-order chi connectivity index (χ0) is 90.4. The van der Waals surface area contributed by atoms with Crippen molar-refractivity contribution in [3.05, 3.63) is 109 Å². The summed E-state index contributed by atoms with van der Waals surface area (Å²) in [4.78, 5) is 143. The molecule has 6 heterocycles. The van der Waals surface area contributed by atoms with Crippen molar-refractivity contribution in [3.8, 4) is 11.5 Å². The number of nitrogens with one attached hydrogen (secondary N) is 4. The van der Waals surface area contributed by atoms with Crippen molar-refractivity contribution in [1.29, 1.82) is 0 Å². The fourth-order valence-electron chi connectivity index (χ4n) is 13.7. The van der Waals surface area contributed by atoms with Gasteiger partial charge in [-0.2, -0.15) is 8.61 Å². The van der Waals surface area contributed by atoms with Crippen molar-refractivity contribution < 1.29 is 122 Å². The molecule has 4 atom stereocenters. The molecule has 0 radical (unpaired) electrons. The largest absolute Gasteiger partial charge is 0.481 e. The van der Waals surface area contributed by atoms with E-state index in [1.807, 2.05) is 13.8 Å². The molecule has 38 nitrogen and oxygen atoms in total. The van der Waals surface area contributed by atoms with Gasteiger partial charge in [0.25, 0.3) is 0 Å². The number of amides is 8. The van der Waals surface area contributed by atoms with Gasteiger partial charge in [-0.1, -0.05) is 38.1 Å². The molecule has 42 heteroatoms. The number of ketones is 2. The van der Waals surface area contributed by atoms with Gasteiger partial charge < -0.3 is 98.4 Å². The number of nitrogens with zero attached hydrogens (tertiary/aromatic N) is 8. The molecule has 692 valence electrons. The number of piperazine rings is 2. The average Bonchev–Trinajstić information content (AvgIpc) is 1.62. The Balaban J connectivity index is 0.526. The van der Waals surface area contributed by atoms with Crippen LogP contribution in [0.1, 0.15) is 91.2 Å². The standard InChI is InChI=1S/C83H120N12O26S4/c1-81(2,57-118-49-47-112-37-9-25-86-71(98)21-39-114-43-45-116-41-27-88-77(104)90-29-33-92(34-30-90)79(106)120-65-17-13-61(14-18-65)51-63(75(100)101)53-69(96)73-82(3,4)122-59-94(73)124(108,109)67-11-7-23-84-55-67)58-119-50-48-113-38-10-26-87-72(99)22-40-115-44-46-117-42-28-89-78(105)91-31-35-93(36-32-91)80(107)121-66-19-15-62(16-20-66)52-64(76(102)103)54-70(97)74-83(5,6)123-60-95(74)125(110,111)68-12-8-24-85-56-68/h7-8,11-20,23-24,55-56,63-64,73-74H,9-10,21-22,25-54,57-60H2,1-6H3,(H,86,98)(H,87,99)(H,88,104)(H,89,105)(H,100,101)(H,102,103)/t63-,64-,73?,74?/m1/s1. The Morgan fingerprint density at radius 2 is 0.784 bits per heavy atom. The number of rotatable bonds is 54. The molecule has 8 rings (SSSR count). The third-order valence-electron chi connectivity index (χ3n) is 20.6. The number of sulfonamides is 2. The van der Waals surface area contributed by atoms with Crippen LogP contribution in [-0.2, 0) is 99.6 Å². The molecule has 8 amide bonds. The summed E-state index contributed by atoms with van der Waals surface area (Å²) in [6, 6.07) is 15.5. The van der Waals surface area contributed by atoms with Crippen LogP contribution >= 0.6 is 23.5 Å². The molecule has 125 heavy (non-hydrogen) atoms. The number of benzene rings is 2. The summed E-state index contributed by atoms with van der Waals surface area (Å²) in [5.41, 5.74) is 0.895. The fraction of sp³-hybridized carbons (Fsp3) is 0.614. The molecule has 6 N–H and O–H groups in total. The van der Waals surface area contributed by atoms with E-state index in [-0.39, 0.29) is 206 Å². The summed E-state index contributed by atoms with van der Waals surface area (Å²) in [5, 5.41) is 31.6. The average molecular weight is 1830 g/mol. The first-order valence-corrected chi connectivity index (χ1v) is 46.5. The molecule has 2 aromatic carbocycles. The van der Waals surface area contributed by atoms with Gasteiger partial charge in [-0.3, -0.25) is 38.7 Å². The van der Waals surface area contributed by atoms with E-state index in [0.29, 0.717) is 89.9 Å². The maximum atomic E-state index is 13.8. The lowest BCUT2D eigenvalue weighted by molar-refractivity contribution is -0.144. The van der Waals surface area contributed by atoms with Gasteiger partial charge in [0.05, 0.1) is 128 Å². The number of hydrogen-bond donors (Lipinski definition) is 6. The molecule has 0 saturated carbocycles. The van der Waals surface area contributed by atoms with Gasteiger partial charge in [-0.15, -0.1) is 23.5 Å². The molecular formula is C83H120N12O26S4. The van der Waals surface area contributed by atoms with E-state index in [0.717, 1.165) is 8.61 Å². The van der Waals surface area contributed by atoms with Crippen molar-refractivity contribution in [2.45, 2.75) is 124 Å². The van der Waals surface area contributed by atoms with Crippen molar-refractivity contribution in [2.24, 2.45) is 17.3 Å². The Hall–Kier alpha value is -8.76. The van der Waals surface area contributed by atoms with E-state index in [2.05, 4.69) is 31.2 Å². The lowest BCUT2D eigenvalue weighted by Crippen LogP contribution is -2.54. The van der Waals surface area contributed by atoms with Crippen LogP contribution in [-0.4, -0.2) is 342 Å².